The summed E-state index contributed by atoms with van der Waals surface area (Å²) in [6.45, 7) is 1.80. The quantitative estimate of drug-likeness (QED) is 0.695. The van der Waals surface area contributed by atoms with Crippen molar-refractivity contribution >= 4 is 11.6 Å². The number of para-hydroxylation sites is 1. The number of halogens is 1. The molecule has 3 N–H and O–H groups in total. The standard InChI is InChI=1S/C14H20ClNO4/c15-12-3-1-2-4-13(12)20-8-11(17)7-16-9-14(18)5-6-19-10-14/h1-4,11,16-18H,5-10H2. The Bertz CT molecular complexity index is 423. The van der Waals surface area contributed by atoms with Crippen molar-refractivity contribution < 1.29 is 19.7 Å². The van der Waals surface area contributed by atoms with Crippen LogP contribution in [-0.4, -0.2) is 54.8 Å². The van der Waals surface area contributed by atoms with E-state index in [0.29, 0.717) is 43.5 Å². The van der Waals surface area contributed by atoms with Crippen LogP contribution in [0, 0.1) is 0 Å². The van der Waals surface area contributed by atoms with E-state index in [0.717, 1.165) is 0 Å². The highest BCUT2D eigenvalue weighted by molar-refractivity contribution is 6.32. The van der Waals surface area contributed by atoms with Crippen molar-refractivity contribution in [2.75, 3.05) is 32.9 Å². The maximum absolute atomic E-state index is 10.0. The summed E-state index contributed by atoms with van der Waals surface area (Å²) in [6.07, 6.45) is -0.0520. The topological polar surface area (TPSA) is 71.0 Å². The molecule has 0 bridgehead atoms. The van der Waals surface area contributed by atoms with E-state index in [1.54, 1.807) is 12.1 Å². The highest BCUT2D eigenvalue weighted by Crippen LogP contribution is 2.23. The van der Waals surface area contributed by atoms with Gasteiger partial charge in [0, 0.05) is 26.1 Å². The van der Waals surface area contributed by atoms with Gasteiger partial charge in [0.2, 0.25) is 0 Å². The lowest BCUT2D eigenvalue weighted by Gasteiger charge is -2.22. The van der Waals surface area contributed by atoms with Crippen LogP contribution in [0.25, 0.3) is 0 Å². The van der Waals surface area contributed by atoms with Crippen LogP contribution in [0.15, 0.2) is 24.3 Å². The fourth-order valence-electron chi connectivity index (χ4n) is 2.01. The van der Waals surface area contributed by atoms with E-state index < -0.39 is 11.7 Å². The first kappa shape index (κ1) is 15.5. The Labute approximate surface area is 123 Å². The van der Waals surface area contributed by atoms with Gasteiger partial charge < -0.3 is 25.0 Å². The Morgan fingerprint density at radius 3 is 2.95 bits per heavy atom. The number of hydrogen-bond donors (Lipinski definition) is 3. The van der Waals surface area contributed by atoms with Crippen LogP contribution in [0.3, 0.4) is 0 Å². The summed E-state index contributed by atoms with van der Waals surface area (Å²) < 4.78 is 10.6. The largest absolute Gasteiger partial charge is 0.489 e. The van der Waals surface area contributed by atoms with Gasteiger partial charge in [0.1, 0.15) is 24.1 Å². The van der Waals surface area contributed by atoms with Crippen LogP contribution in [0.4, 0.5) is 0 Å². The van der Waals surface area contributed by atoms with Crippen LogP contribution in [0.2, 0.25) is 5.02 Å². The molecule has 0 aromatic heterocycles. The zero-order valence-electron chi connectivity index (χ0n) is 11.2. The smallest absolute Gasteiger partial charge is 0.138 e. The Balaban J connectivity index is 1.65. The van der Waals surface area contributed by atoms with Crippen molar-refractivity contribution in [3.8, 4) is 5.75 Å². The van der Waals surface area contributed by atoms with Crippen LogP contribution in [-0.2, 0) is 4.74 Å². The monoisotopic (exact) mass is 301 g/mol. The van der Waals surface area contributed by atoms with E-state index >= 15 is 0 Å². The molecule has 0 saturated carbocycles. The highest BCUT2D eigenvalue weighted by atomic mass is 35.5. The molecule has 1 aromatic carbocycles. The second-order valence-corrected chi connectivity index (χ2v) is 5.46. The number of benzene rings is 1. The van der Waals surface area contributed by atoms with Gasteiger partial charge in [0.25, 0.3) is 0 Å². The second-order valence-electron chi connectivity index (χ2n) is 5.05. The summed E-state index contributed by atoms with van der Waals surface area (Å²) in [7, 11) is 0. The Hall–Kier alpha value is -0.850. The molecule has 112 valence electrons. The van der Waals surface area contributed by atoms with Gasteiger partial charge in [-0.25, -0.2) is 0 Å². The predicted octanol–water partition coefficient (Wildman–Crippen LogP) is 0.821. The maximum atomic E-state index is 10.0. The second kappa shape index (κ2) is 7.24. The lowest BCUT2D eigenvalue weighted by Crippen LogP contribution is -2.44. The van der Waals surface area contributed by atoms with E-state index in [2.05, 4.69) is 5.32 Å². The molecule has 20 heavy (non-hydrogen) atoms. The van der Waals surface area contributed by atoms with E-state index in [-0.39, 0.29) is 6.61 Å². The lowest BCUT2D eigenvalue weighted by molar-refractivity contribution is 0.0226. The number of aliphatic hydroxyl groups is 2. The van der Waals surface area contributed by atoms with Crippen LogP contribution in [0.1, 0.15) is 6.42 Å². The molecule has 1 aliphatic heterocycles. The molecule has 0 radical (unpaired) electrons. The van der Waals surface area contributed by atoms with Crippen molar-refractivity contribution in [1.29, 1.82) is 0 Å². The highest BCUT2D eigenvalue weighted by Gasteiger charge is 2.31. The summed E-state index contributed by atoms with van der Waals surface area (Å²) in [5.74, 6) is 0.552. The number of hydrogen-bond acceptors (Lipinski definition) is 5. The molecular weight excluding hydrogens is 282 g/mol. The first-order valence-corrected chi connectivity index (χ1v) is 7.03. The van der Waals surface area contributed by atoms with Gasteiger partial charge in [-0.05, 0) is 12.1 Å². The average molecular weight is 302 g/mol. The van der Waals surface area contributed by atoms with Gasteiger partial charge in [-0.15, -0.1) is 0 Å². The number of ether oxygens (including phenoxy) is 2. The zero-order chi connectivity index (χ0) is 14.4. The number of aliphatic hydroxyl groups excluding tert-OH is 1. The van der Waals surface area contributed by atoms with Crippen molar-refractivity contribution in [1.82, 2.24) is 5.32 Å². The first-order valence-electron chi connectivity index (χ1n) is 6.65. The summed E-state index contributed by atoms with van der Waals surface area (Å²) in [5, 5.41) is 23.4. The van der Waals surface area contributed by atoms with Gasteiger partial charge in [0.15, 0.2) is 0 Å². The van der Waals surface area contributed by atoms with E-state index in [4.69, 9.17) is 21.1 Å². The molecule has 1 aromatic rings. The number of rotatable bonds is 7. The van der Waals surface area contributed by atoms with Crippen LogP contribution >= 0.6 is 11.6 Å². The van der Waals surface area contributed by atoms with Gasteiger partial charge in [-0.3, -0.25) is 0 Å². The Kier molecular flexibility index (Phi) is 5.63. The van der Waals surface area contributed by atoms with E-state index in [9.17, 15) is 10.2 Å². The Morgan fingerprint density at radius 1 is 1.45 bits per heavy atom. The van der Waals surface area contributed by atoms with E-state index in [1.165, 1.54) is 0 Å². The molecule has 1 fully saturated rings. The summed E-state index contributed by atoms with van der Waals surface area (Å²) in [4.78, 5) is 0. The summed E-state index contributed by atoms with van der Waals surface area (Å²) in [5.41, 5.74) is -0.816. The molecular formula is C14H20ClNO4. The lowest BCUT2D eigenvalue weighted by atomic mass is 10.0. The summed E-state index contributed by atoms with van der Waals surface area (Å²) in [6, 6.07) is 7.12. The fraction of sp³-hybridized carbons (Fsp3) is 0.571. The van der Waals surface area contributed by atoms with Gasteiger partial charge in [0.05, 0.1) is 11.6 Å². The minimum absolute atomic E-state index is 0.145. The van der Waals surface area contributed by atoms with Gasteiger partial charge in [-0.2, -0.15) is 0 Å². The molecule has 0 spiro atoms. The number of nitrogens with one attached hydrogen (secondary N) is 1. The van der Waals surface area contributed by atoms with Crippen LogP contribution in [0.5, 0.6) is 5.75 Å². The third-order valence-electron chi connectivity index (χ3n) is 3.18. The molecule has 2 rings (SSSR count). The molecule has 5 nitrogen and oxygen atoms in total. The van der Waals surface area contributed by atoms with Crippen molar-refractivity contribution in [3.05, 3.63) is 29.3 Å². The molecule has 1 heterocycles. The predicted molar refractivity (Wildman–Crippen MR) is 76.2 cm³/mol. The molecule has 2 atom stereocenters. The minimum atomic E-state index is -0.816. The summed E-state index contributed by atoms with van der Waals surface area (Å²) >= 11 is 5.95. The van der Waals surface area contributed by atoms with Gasteiger partial charge in [-0.1, -0.05) is 23.7 Å². The molecule has 2 unspecified atom stereocenters. The van der Waals surface area contributed by atoms with Crippen LogP contribution < -0.4 is 10.1 Å². The normalized spacial score (nSPS) is 23.8. The van der Waals surface area contributed by atoms with Crippen molar-refractivity contribution in [2.45, 2.75) is 18.1 Å². The Morgan fingerprint density at radius 2 is 2.25 bits per heavy atom. The third-order valence-corrected chi connectivity index (χ3v) is 3.50. The molecule has 0 aliphatic carbocycles. The molecule has 1 aliphatic rings. The molecule has 0 amide bonds. The molecule has 6 heteroatoms. The fourth-order valence-corrected chi connectivity index (χ4v) is 2.20. The molecule has 1 saturated heterocycles. The van der Waals surface area contributed by atoms with E-state index in [1.807, 2.05) is 12.1 Å². The van der Waals surface area contributed by atoms with Gasteiger partial charge >= 0.3 is 0 Å². The zero-order valence-corrected chi connectivity index (χ0v) is 12.0. The minimum Gasteiger partial charge on any atom is -0.489 e. The van der Waals surface area contributed by atoms with Crippen molar-refractivity contribution in [3.63, 3.8) is 0 Å². The average Bonchev–Trinajstić information content (AvgIpc) is 2.85. The van der Waals surface area contributed by atoms with Crippen molar-refractivity contribution in [2.24, 2.45) is 0 Å². The first-order chi connectivity index (χ1) is 9.59. The maximum Gasteiger partial charge on any atom is 0.138 e. The SMILES string of the molecule is OC(CNCC1(O)CCOC1)COc1ccccc1Cl. The third kappa shape index (κ3) is 4.61.